The Morgan fingerprint density at radius 2 is 1.82 bits per heavy atom. The van der Waals surface area contributed by atoms with Crippen LogP contribution in [0.5, 0.6) is 5.75 Å². The summed E-state index contributed by atoms with van der Waals surface area (Å²) in [4.78, 5) is 16.9. The van der Waals surface area contributed by atoms with Gasteiger partial charge in [0.1, 0.15) is 27.2 Å². The average molecular weight is 498 g/mol. The quantitative estimate of drug-likeness (QED) is 0.357. The number of benzene rings is 3. The number of aromatic nitrogens is 3. The zero-order chi connectivity index (χ0) is 23.0. The molecule has 0 spiro atoms. The molecule has 2 heterocycles. The third-order valence-corrected chi connectivity index (χ3v) is 7.60. The van der Waals surface area contributed by atoms with Crippen LogP contribution in [0, 0.1) is 0 Å². The molecule has 0 atom stereocenters. The normalized spacial score (nSPS) is 11.5. The first-order valence-electron chi connectivity index (χ1n) is 9.54. The molecule has 2 aromatic heterocycles. The number of sulfonamides is 1. The molecule has 0 aliphatic rings. The molecule has 0 fully saturated rings. The molecule has 0 saturated carbocycles. The highest BCUT2D eigenvalue weighted by Crippen LogP contribution is 2.36. The van der Waals surface area contributed by atoms with Crippen molar-refractivity contribution in [2.45, 2.75) is 4.90 Å². The summed E-state index contributed by atoms with van der Waals surface area (Å²) >= 11 is 2.16. The fraction of sp³-hybridized carbons (Fsp3) is 0.0476. The van der Waals surface area contributed by atoms with Crippen LogP contribution >= 0.6 is 23.1 Å². The second-order valence-corrected chi connectivity index (χ2v) is 10.1. The Hall–Kier alpha value is -3.61. The topological polar surface area (TPSA) is 123 Å². The maximum Gasteiger partial charge on any atom is 0.264 e. The van der Waals surface area contributed by atoms with Gasteiger partial charge in [0.05, 0.1) is 29.2 Å². The van der Waals surface area contributed by atoms with Gasteiger partial charge in [0, 0.05) is 11.6 Å². The van der Waals surface area contributed by atoms with E-state index in [2.05, 4.69) is 23.8 Å². The van der Waals surface area contributed by atoms with Gasteiger partial charge in [0.2, 0.25) is 0 Å². The van der Waals surface area contributed by atoms with Crippen LogP contribution in [-0.2, 0) is 10.0 Å². The molecule has 5 aromatic rings. The maximum absolute atomic E-state index is 13.1. The smallest absolute Gasteiger partial charge is 0.264 e. The number of amides is 1. The summed E-state index contributed by atoms with van der Waals surface area (Å²) in [5, 5.41) is 3.14. The summed E-state index contributed by atoms with van der Waals surface area (Å²) in [5.41, 5.74) is 2.13. The molecule has 0 radical (unpaired) electrons. The average Bonchev–Trinajstić information content (AvgIpc) is 3.45. The molecule has 0 saturated heterocycles. The lowest BCUT2D eigenvalue weighted by Crippen LogP contribution is -2.13. The van der Waals surface area contributed by atoms with E-state index in [-0.39, 0.29) is 10.8 Å². The molecule has 33 heavy (non-hydrogen) atoms. The Bertz CT molecular complexity index is 1600. The lowest BCUT2D eigenvalue weighted by atomic mass is 10.2. The molecule has 0 aliphatic heterocycles. The van der Waals surface area contributed by atoms with Gasteiger partial charge in [0.15, 0.2) is 5.13 Å². The molecular weight excluding hydrogens is 482 g/mol. The summed E-state index contributed by atoms with van der Waals surface area (Å²) in [6.45, 7) is 0. The van der Waals surface area contributed by atoms with E-state index < -0.39 is 10.0 Å². The highest BCUT2D eigenvalue weighted by Gasteiger charge is 2.21. The van der Waals surface area contributed by atoms with Crippen molar-refractivity contribution in [2.75, 3.05) is 17.1 Å². The molecule has 0 bridgehead atoms. The van der Waals surface area contributed by atoms with Crippen LogP contribution in [0.15, 0.2) is 65.6 Å². The number of hydrogen-bond acceptors (Lipinski definition) is 9. The number of thiazole rings is 1. The number of nitrogens with zero attached hydrogens (tertiary/aromatic N) is 3. The van der Waals surface area contributed by atoms with Crippen molar-refractivity contribution >= 4 is 71.1 Å². The Morgan fingerprint density at radius 1 is 1.00 bits per heavy atom. The molecule has 2 N–H and O–H groups in total. The third-order valence-electron chi connectivity index (χ3n) is 4.73. The number of anilines is 2. The minimum Gasteiger partial charge on any atom is -0.494 e. The molecule has 9 nitrogen and oxygen atoms in total. The highest BCUT2D eigenvalue weighted by molar-refractivity contribution is 7.93. The van der Waals surface area contributed by atoms with Crippen LogP contribution < -0.4 is 14.8 Å². The first kappa shape index (κ1) is 21.2. The summed E-state index contributed by atoms with van der Waals surface area (Å²) in [6, 6.07) is 16.8. The minimum atomic E-state index is -3.94. The standard InChI is InChI=1S/C21H15N5O4S3/c1-30-15-10-13(26-33(28,29)17-9-5-8-14-18(17)25-32-24-14)11-16-19(15)22-21(31-16)23-20(27)12-6-3-2-4-7-12/h2-11,26H,1H3,(H,22,23,27). The molecule has 166 valence electrons. The fourth-order valence-corrected chi connectivity index (χ4v) is 5.96. The second kappa shape index (κ2) is 8.39. The van der Waals surface area contributed by atoms with Gasteiger partial charge in [-0.3, -0.25) is 14.8 Å². The third kappa shape index (κ3) is 4.11. The molecule has 12 heteroatoms. The largest absolute Gasteiger partial charge is 0.494 e. The van der Waals surface area contributed by atoms with Crippen molar-refractivity contribution in [3.05, 3.63) is 66.2 Å². The van der Waals surface area contributed by atoms with Crippen LogP contribution in [0.3, 0.4) is 0 Å². The SMILES string of the molecule is COc1cc(NS(=O)(=O)c2cccc3nsnc23)cc2sc(NC(=O)c3ccccc3)nc12. The predicted octanol–water partition coefficient (Wildman–Crippen LogP) is 4.36. The van der Waals surface area contributed by atoms with Gasteiger partial charge < -0.3 is 4.74 Å². The van der Waals surface area contributed by atoms with E-state index in [1.807, 2.05) is 6.07 Å². The molecule has 1 amide bonds. The number of hydrogen-bond donors (Lipinski definition) is 2. The van der Waals surface area contributed by atoms with Crippen LogP contribution in [0.1, 0.15) is 10.4 Å². The van der Waals surface area contributed by atoms with Gasteiger partial charge in [-0.15, -0.1) is 0 Å². The van der Waals surface area contributed by atoms with Gasteiger partial charge >= 0.3 is 0 Å². The van der Waals surface area contributed by atoms with Gasteiger partial charge in [-0.05, 0) is 30.3 Å². The van der Waals surface area contributed by atoms with E-state index >= 15 is 0 Å². The zero-order valence-corrected chi connectivity index (χ0v) is 19.4. The van der Waals surface area contributed by atoms with Crippen LogP contribution in [-0.4, -0.2) is 35.2 Å². The van der Waals surface area contributed by atoms with Crippen molar-refractivity contribution in [3.63, 3.8) is 0 Å². The number of carbonyl (C=O) groups is 1. The van der Waals surface area contributed by atoms with Crippen LogP contribution in [0.2, 0.25) is 0 Å². The Labute approximate surface area is 196 Å². The predicted molar refractivity (Wildman–Crippen MR) is 129 cm³/mol. The number of fused-ring (bicyclic) bond motifs is 2. The number of carbonyl (C=O) groups excluding carboxylic acids is 1. The van der Waals surface area contributed by atoms with Crippen LogP contribution in [0.25, 0.3) is 21.3 Å². The first-order chi connectivity index (χ1) is 15.9. The van der Waals surface area contributed by atoms with E-state index in [4.69, 9.17) is 4.74 Å². The number of rotatable bonds is 6. The van der Waals surface area contributed by atoms with Crippen molar-refractivity contribution in [2.24, 2.45) is 0 Å². The zero-order valence-electron chi connectivity index (χ0n) is 17.0. The summed E-state index contributed by atoms with van der Waals surface area (Å²) in [6.07, 6.45) is 0. The maximum atomic E-state index is 13.1. The molecule has 5 rings (SSSR count). The van der Waals surface area contributed by atoms with E-state index in [1.165, 1.54) is 24.5 Å². The number of ether oxygens (including phenoxy) is 1. The van der Waals surface area contributed by atoms with Gasteiger partial charge in [0.25, 0.3) is 15.9 Å². The van der Waals surface area contributed by atoms with E-state index in [0.717, 1.165) is 11.7 Å². The van der Waals surface area contributed by atoms with Crippen molar-refractivity contribution in [3.8, 4) is 5.75 Å². The lowest BCUT2D eigenvalue weighted by Gasteiger charge is -2.10. The molecule has 0 aliphatic carbocycles. The summed E-state index contributed by atoms with van der Waals surface area (Å²) in [5.74, 6) is 0.0784. The van der Waals surface area contributed by atoms with Crippen LogP contribution in [0.4, 0.5) is 10.8 Å². The van der Waals surface area contributed by atoms with Crippen molar-refractivity contribution in [1.82, 2.24) is 13.7 Å². The second-order valence-electron chi connectivity index (χ2n) is 6.86. The number of methoxy groups -OCH3 is 1. The Balaban J connectivity index is 1.48. The monoisotopic (exact) mass is 497 g/mol. The summed E-state index contributed by atoms with van der Waals surface area (Å²) in [7, 11) is -2.47. The van der Waals surface area contributed by atoms with E-state index in [1.54, 1.807) is 48.5 Å². The van der Waals surface area contributed by atoms with E-state index in [0.29, 0.717) is 43.4 Å². The highest BCUT2D eigenvalue weighted by atomic mass is 32.2. The van der Waals surface area contributed by atoms with E-state index in [9.17, 15) is 13.2 Å². The Morgan fingerprint density at radius 3 is 2.61 bits per heavy atom. The minimum absolute atomic E-state index is 0.0351. The van der Waals surface area contributed by atoms with Crippen molar-refractivity contribution < 1.29 is 17.9 Å². The van der Waals surface area contributed by atoms with Gasteiger partial charge in [-0.2, -0.15) is 8.75 Å². The molecular formula is C21H15N5O4S3. The number of nitrogens with one attached hydrogen (secondary N) is 2. The van der Waals surface area contributed by atoms with Gasteiger partial charge in [-0.1, -0.05) is 35.6 Å². The molecule has 0 unspecified atom stereocenters. The Kier molecular flexibility index (Phi) is 5.40. The first-order valence-corrected chi connectivity index (χ1v) is 12.6. The molecule has 3 aromatic carbocycles. The van der Waals surface area contributed by atoms with Crippen molar-refractivity contribution in [1.29, 1.82) is 0 Å². The summed E-state index contributed by atoms with van der Waals surface area (Å²) < 4.78 is 43.0. The fourth-order valence-electron chi connectivity index (χ4n) is 3.23. The van der Waals surface area contributed by atoms with Gasteiger partial charge in [-0.25, -0.2) is 13.4 Å². The lowest BCUT2D eigenvalue weighted by molar-refractivity contribution is 0.102.